The van der Waals surface area contributed by atoms with Crippen molar-refractivity contribution in [3.8, 4) is 131 Å². The molecule has 1 amide bonds. The first-order valence-corrected chi connectivity index (χ1v) is 25.8. The molecular weight excluding hydrogens is 987 g/mol. The zero-order valence-electron chi connectivity index (χ0n) is 44.5. The van der Waals surface area contributed by atoms with Crippen LogP contribution in [0.1, 0.15) is 100 Å². The standard InChI is InChI=1S/C69H59NO9.22H2/c1-5-7-9-10-11-12-13-14-15-16-17-18-19-20-21-22-23-24-25-39-49-63(71)70-60(64-61(48-30-8-6-2)78-69(3,4)79-64)54-76-68-67(75-53-59-46-37-29-38-47-59)66(74-52-58-44-35-28-36-45-58)65(73-51-57-42-33-27-34-43-57)62(77-68)55-72-50-56-40-31-26-32-41-56;;;;;;;;;;;;;;;;;;;;;;/h1,26-29,31-38,40-47,60-62,64-68H,6,8,30,48,50-55H2,2-4H3,(H,70,71);22*1H/t60-,61+,62?,64-,65?,66?,67?,68?;;;;;;;;;;;;;;;;;;;;;;/m0....................../s1. The Kier molecular flexibility index (Phi) is 26.2. The summed E-state index contributed by atoms with van der Waals surface area (Å²) in [7, 11) is 0. The third kappa shape index (κ3) is 22.4. The average molecular weight is 1090 g/mol. The van der Waals surface area contributed by atoms with E-state index in [0.717, 1.165) is 41.5 Å². The van der Waals surface area contributed by atoms with Gasteiger partial charge in [-0.25, -0.2) is 0 Å². The van der Waals surface area contributed by atoms with Crippen LogP contribution >= 0.6 is 0 Å². The normalized spacial score (nSPS) is 19.1. The van der Waals surface area contributed by atoms with Crippen LogP contribution in [0, 0.1) is 131 Å². The number of carbonyl (C=O) groups is 1. The van der Waals surface area contributed by atoms with Crippen LogP contribution in [-0.4, -0.2) is 73.9 Å². The Labute approximate surface area is 499 Å². The highest BCUT2D eigenvalue weighted by Gasteiger charge is 2.51. The molecule has 8 atom stereocenters. The number of hydrogen-bond acceptors (Lipinski definition) is 9. The van der Waals surface area contributed by atoms with Crippen molar-refractivity contribution in [3.05, 3.63) is 144 Å². The number of rotatable bonds is 22. The summed E-state index contributed by atoms with van der Waals surface area (Å²) in [6, 6.07) is 38.9. The molecule has 0 radical (unpaired) electrons. The van der Waals surface area contributed by atoms with Gasteiger partial charge in [0.15, 0.2) is 12.1 Å². The molecule has 0 aliphatic carbocycles. The van der Waals surface area contributed by atoms with Gasteiger partial charge in [-0.3, -0.25) is 4.79 Å². The van der Waals surface area contributed by atoms with E-state index in [1.807, 2.05) is 135 Å². The van der Waals surface area contributed by atoms with E-state index >= 15 is 0 Å². The van der Waals surface area contributed by atoms with Crippen molar-refractivity contribution < 1.29 is 74.1 Å². The monoisotopic (exact) mass is 1090 g/mol. The lowest BCUT2D eigenvalue weighted by Gasteiger charge is -2.46. The van der Waals surface area contributed by atoms with Crippen LogP contribution in [0.25, 0.3) is 0 Å². The van der Waals surface area contributed by atoms with Crippen LogP contribution in [0.15, 0.2) is 121 Å². The summed E-state index contributed by atoms with van der Waals surface area (Å²) in [5.41, 5.74) is 3.87. The molecule has 2 fully saturated rings. The van der Waals surface area contributed by atoms with Crippen molar-refractivity contribution in [3.63, 3.8) is 0 Å². The second kappa shape index (κ2) is 34.8. The van der Waals surface area contributed by atoms with E-state index in [0.29, 0.717) is 13.0 Å². The van der Waals surface area contributed by atoms with E-state index in [9.17, 15) is 4.79 Å². The summed E-state index contributed by atoms with van der Waals surface area (Å²) in [5.74, 6) is 51.1. The van der Waals surface area contributed by atoms with Gasteiger partial charge in [0.1, 0.15) is 30.5 Å². The maximum atomic E-state index is 13.8. The highest BCUT2D eigenvalue weighted by Crippen LogP contribution is 2.35. The van der Waals surface area contributed by atoms with E-state index in [-0.39, 0.29) is 70.5 Å². The molecule has 4 aromatic rings. The van der Waals surface area contributed by atoms with Crippen LogP contribution in [0.3, 0.4) is 0 Å². The van der Waals surface area contributed by atoms with Gasteiger partial charge in [-0.05, 0) is 137 Å². The topological polar surface area (TPSA) is 103 Å². The van der Waals surface area contributed by atoms with Gasteiger partial charge in [-0.15, -0.1) is 6.42 Å². The fourth-order valence-corrected chi connectivity index (χ4v) is 8.18. The van der Waals surface area contributed by atoms with Crippen molar-refractivity contribution >= 4 is 5.91 Å². The van der Waals surface area contributed by atoms with Gasteiger partial charge < -0.3 is 43.2 Å². The number of benzene rings is 4. The first-order valence-electron chi connectivity index (χ1n) is 25.8. The lowest BCUT2D eigenvalue weighted by molar-refractivity contribution is -0.329. The van der Waals surface area contributed by atoms with Crippen molar-refractivity contribution in [2.75, 3.05) is 13.2 Å². The predicted octanol–water partition coefficient (Wildman–Crippen LogP) is 13.4. The molecule has 1 N–H and O–H groups in total. The molecule has 438 valence electrons. The first-order chi connectivity index (χ1) is 38.8. The number of amides is 1. The fourth-order valence-electron chi connectivity index (χ4n) is 8.18. The number of hydrogen-bond donors (Lipinski definition) is 1. The van der Waals surface area contributed by atoms with Crippen LogP contribution in [-0.2, 0) is 69.1 Å². The summed E-state index contributed by atoms with van der Waals surface area (Å²) in [5, 5.41) is 3.06. The van der Waals surface area contributed by atoms with Gasteiger partial charge in [-0.1, -0.05) is 148 Å². The minimum Gasteiger partial charge on any atom is -0.374 e. The Hall–Kier alpha value is -8.81. The second-order valence-corrected chi connectivity index (χ2v) is 18.0. The van der Waals surface area contributed by atoms with Gasteiger partial charge in [0, 0.05) is 61.0 Å². The maximum Gasteiger partial charge on any atom is 0.297 e. The highest BCUT2D eigenvalue weighted by atomic mass is 16.8. The second-order valence-electron chi connectivity index (χ2n) is 18.0. The van der Waals surface area contributed by atoms with Crippen LogP contribution in [0.5, 0.6) is 0 Å². The molecule has 6 rings (SSSR count). The molecule has 10 heteroatoms. The minimum atomic E-state index is -1.06. The van der Waals surface area contributed by atoms with Gasteiger partial charge in [0.2, 0.25) is 0 Å². The third-order valence-corrected chi connectivity index (χ3v) is 11.7. The van der Waals surface area contributed by atoms with E-state index in [1.165, 1.54) is 0 Å². The lowest BCUT2D eigenvalue weighted by atomic mass is 9.97. The molecule has 0 aromatic heterocycles. The van der Waals surface area contributed by atoms with Crippen LogP contribution in [0.2, 0.25) is 0 Å². The lowest BCUT2D eigenvalue weighted by Crippen LogP contribution is -2.62. The first kappa shape index (κ1) is 59.4. The molecule has 0 saturated carbocycles. The predicted molar refractivity (Wildman–Crippen MR) is 349 cm³/mol. The van der Waals surface area contributed by atoms with E-state index in [4.69, 9.17) is 44.3 Å². The molecular formula is C69H103NO9. The van der Waals surface area contributed by atoms with Crippen molar-refractivity contribution in [2.45, 2.75) is 128 Å². The molecule has 2 saturated heterocycles. The highest BCUT2D eigenvalue weighted by molar-refractivity contribution is 5.94. The third-order valence-electron chi connectivity index (χ3n) is 11.7. The van der Waals surface area contributed by atoms with E-state index in [2.05, 4.69) is 137 Å². The Morgan fingerprint density at radius 2 is 0.975 bits per heavy atom. The summed E-state index contributed by atoms with van der Waals surface area (Å²) in [4.78, 5) is 13.8. The van der Waals surface area contributed by atoms with E-state index < -0.39 is 54.5 Å². The number of ether oxygens (including phenoxy) is 8. The molecule has 10 nitrogen and oxygen atoms in total. The van der Waals surface area contributed by atoms with Gasteiger partial charge in [0.05, 0.1) is 51.8 Å². The maximum absolute atomic E-state index is 13.8. The van der Waals surface area contributed by atoms with Gasteiger partial charge in [0.25, 0.3) is 5.91 Å². The molecule has 2 aliphatic heterocycles. The zero-order chi connectivity index (χ0) is 55.4. The number of terminal acetylenes is 1. The zero-order valence-corrected chi connectivity index (χ0v) is 44.5. The Morgan fingerprint density at radius 1 is 0.544 bits per heavy atom. The Bertz CT molecular complexity index is 3380. The van der Waals surface area contributed by atoms with Crippen molar-refractivity contribution in [2.24, 2.45) is 0 Å². The van der Waals surface area contributed by atoms with Crippen molar-refractivity contribution in [1.82, 2.24) is 5.32 Å². The largest absolute Gasteiger partial charge is 0.374 e. The SMILES string of the molecule is C#CC#CC#CC#CC#CC#CC#CC#CC#CC#CC#CC(=O)N[C@@H](COC1OC(COCc2ccccc2)C(OCc2ccccc2)C(OCc2ccccc2)C1OCc1ccccc1)[C@@H]1OC(C)(C)O[C@@H]1CCCCC.[HH].[HH].[HH].[HH].[HH].[HH].[HH].[HH].[HH].[HH].[HH].[HH].[HH].[HH].[HH].[HH].[HH].[HH].[HH].[HH].[HH].[HH]. The van der Waals surface area contributed by atoms with Gasteiger partial charge >= 0.3 is 0 Å². The van der Waals surface area contributed by atoms with Crippen LogP contribution in [0.4, 0.5) is 0 Å². The molecule has 0 spiro atoms. The Balaban J connectivity index is -0.000000214. The summed E-state index contributed by atoms with van der Waals surface area (Å²) in [6.45, 7) is 6.96. The van der Waals surface area contributed by atoms with Gasteiger partial charge in [-0.2, -0.15) is 0 Å². The van der Waals surface area contributed by atoms with Crippen LogP contribution < -0.4 is 5.32 Å². The molecule has 2 heterocycles. The smallest absolute Gasteiger partial charge is 0.297 e. The molecule has 2 aliphatic rings. The average Bonchev–Trinajstić information content (AvgIpc) is 1.62. The minimum absolute atomic E-state index is 0. The Morgan fingerprint density at radius 3 is 1.44 bits per heavy atom. The summed E-state index contributed by atoms with van der Waals surface area (Å²) in [6.07, 6.45) is 3.56. The molecule has 4 aromatic carbocycles. The quantitative estimate of drug-likeness (QED) is 0.0609. The number of carbonyl (C=O) groups excluding carboxylic acids is 1. The van der Waals surface area contributed by atoms with Crippen molar-refractivity contribution in [1.29, 1.82) is 0 Å². The molecule has 79 heavy (non-hydrogen) atoms. The summed E-state index contributed by atoms with van der Waals surface area (Å²) >= 11 is 0. The summed E-state index contributed by atoms with van der Waals surface area (Å²) < 4.78 is 54.0. The number of nitrogens with one attached hydrogen (secondary N) is 1. The number of unbranched alkanes of at least 4 members (excludes halogenated alkanes) is 2. The van der Waals surface area contributed by atoms with E-state index in [1.54, 1.807) is 0 Å². The molecule has 5 unspecified atom stereocenters. The fraction of sp³-hybridized carbons (Fsp3) is 0.319. The molecule has 0 bridgehead atoms.